The number of aryl methyl sites for hydroxylation is 1. The molecule has 1 aliphatic rings. The molecule has 1 amide bonds. The number of aromatic nitrogens is 1. The van der Waals surface area contributed by atoms with Crippen molar-refractivity contribution in [1.82, 2.24) is 10.3 Å². The third kappa shape index (κ3) is 3.46. The molecule has 0 saturated heterocycles. The van der Waals surface area contributed by atoms with Gasteiger partial charge in [0.2, 0.25) is 5.91 Å². The van der Waals surface area contributed by atoms with E-state index in [-0.39, 0.29) is 5.91 Å². The molecule has 112 valence electrons. The largest absolute Gasteiger partial charge is 0.361 e. The van der Waals surface area contributed by atoms with E-state index < -0.39 is 0 Å². The Morgan fingerprint density at radius 1 is 1.24 bits per heavy atom. The monoisotopic (exact) mass is 284 g/mol. The summed E-state index contributed by atoms with van der Waals surface area (Å²) in [6.07, 6.45) is 8.17. The number of aromatic amines is 1. The van der Waals surface area contributed by atoms with Crippen molar-refractivity contribution < 1.29 is 4.79 Å². The Bertz CT molecular complexity index is 608. The Labute approximate surface area is 126 Å². The topological polar surface area (TPSA) is 44.9 Å². The lowest BCUT2D eigenvalue weighted by Crippen LogP contribution is -2.37. The number of carbonyl (C=O) groups excluding carboxylic acids is 1. The Balaban J connectivity index is 1.52. The molecular formula is C18H24N2O. The molecule has 0 atom stereocenters. The molecule has 0 aliphatic heterocycles. The number of fused-ring (bicyclic) bond motifs is 1. The summed E-state index contributed by atoms with van der Waals surface area (Å²) in [5.41, 5.74) is 2.38. The highest BCUT2D eigenvalue weighted by molar-refractivity contribution is 5.84. The van der Waals surface area contributed by atoms with Gasteiger partial charge in [0.15, 0.2) is 0 Å². The van der Waals surface area contributed by atoms with Crippen LogP contribution in [0, 0.1) is 5.92 Å². The highest BCUT2D eigenvalue weighted by atomic mass is 16.1. The molecule has 0 bridgehead atoms. The number of amides is 1. The predicted octanol–water partition coefficient (Wildman–Crippen LogP) is 3.80. The molecule has 1 saturated carbocycles. The van der Waals surface area contributed by atoms with E-state index in [9.17, 15) is 4.79 Å². The molecule has 3 heteroatoms. The molecule has 1 aromatic carbocycles. The first kappa shape index (κ1) is 14.2. The van der Waals surface area contributed by atoms with Gasteiger partial charge in [0, 0.05) is 29.6 Å². The van der Waals surface area contributed by atoms with Gasteiger partial charge in [-0.2, -0.15) is 0 Å². The number of para-hydroxylation sites is 1. The second-order valence-electron chi connectivity index (χ2n) is 6.38. The van der Waals surface area contributed by atoms with E-state index in [0.29, 0.717) is 12.5 Å². The first-order chi connectivity index (χ1) is 10.2. The van der Waals surface area contributed by atoms with Crippen molar-refractivity contribution >= 4 is 16.8 Å². The quantitative estimate of drug-likeness (QED) is 0.881. The molecule has 0 spiro atoms. The third-order valence-electron chi connectivity index (χ3n) is 4.68. The van der Waals surface area contributed by atoms with Gasteiger partial charge in [0.1, 0.15) is 0 Å². The van der Waals surface area contributed by atoms with Crippen molar-refractivity contribution in [3.8, 4) is 0 Å². The summed E-state index contributed by atoms with van der Waals surface area (Å²) in [7, 11) is 0. The Hall–Kier alpha value is -1.77. The van der Waals surface area contributed by atoms with Gasteiger partial charge >= 0.3 is 0 Å². The Morgan fingerprint density at radius 2 is 2.00 bits per heavy atom. The van der Waals surface area contributed by atoms with Gasteiger partial charge in [-0.1, -0.05) is 25.1 Å². The number of rotatable bonds is 4. The predicted molar refractivity (Wildman–Crippen MR) is 86.2 cm³/mol. The molecule has 3 nitrogen and oxygen atoms in total. The van der Waals surface area contributed by atoms with Crippen LogP contribution in [-0.2, 0) is 11.2 Å². The average Bonchev–Trinajstić information content (AvgIpc) is 2.91. The average molecular weight is 284 g/mol. The molecular weight excluding hydrogens is 260 g/mol. The van der Waals surface area contributed by atoms with Crippen LogP contribution in [-0.4, -0.2) is 16.9 Å². The van der Waals surface area contributed by atoms with Crippen molar-refractivity contribution in [2.75, 3.05) is 0 Å². The van der Waals surface area contributed by atoms with Crippen LogP contribution in [0.1, 0.15) is 44.6 Å². The maximum atomic E-state index is 12.1. The summed E-state index contributed by atoms with van der Waals surface area (Å²) in [6.45, 7) is 2.30. The van der Waals surface area contributed by atoms with E-state index in [1.807, 2.05) is 18.3 Å². The SMILES string of the molecule is CC1CCC(NC(=O)CCc2c[nH]c3ccccc23)CC1. The summed E-state index contributed by atoms with van der Waals surface area (Å²) in [4.78, 5) is 15.4. The van der Waals surface area contributed by atoms with E-state index in [1.165, 1.54) is 23.8 Å². The van der Waals surface area contributed by atoms with Crippen LogP contribution in [0.15, 0.2) is 30.5 Å². The minimum Gasteiger partial charge on any atom is -0.361 e. The molecule has 1 aliphatic carbocycles. The highest BCUT2D eigenvalue weighted by Crippen LogP contribution is 2.23. The molecule has 1 heterocycles. The van der Waals surface area contributed by atoms with E-state index in [4.69, 9.17) is 0 Å². The highest BCUT2D eigenvalue weighted by Gasteiger charge is 2.19. The molecule has 2 aromatic rings. The lowest BCUT2D eigenvalue weighted by molar-refractivity contribution is -0.122. The molecule has 1 fully saturated rings. The van der Waals surface area contributed by atoms with Gasteiger partial charge in [0.05, 0.1) is 0 Å². The van der Waals surface area contributed by atoms with Crippen LogP contribution in [0.4, 0.5) is 0 Å². The number of nitrogens with one attached hydrogen (secondary N) is 2. The van der Waals surface area contributed by atoms with Gasteiger partial charge in [-0.05, 0) is 49.7 Å². The fourth-order valence-corrected chi connectivity index (χ4v) is 3.29. The summed E-state index contributed by atoms with van der Waals surface area (Å²) in [5.74, 6) is 1.02. The number of H-pyrrole nitrogens is 1. The summed E-state index contributed by atoms with van der Waals surface area (Å²) in [5, 5.41) is 4.43. The second-order valence-corrected chi connectivity index (χ2v) is 6.38. The lowest BCUT2D eigenvalue weighted by atomic mass is 9.87. The van der Waals surface area contributed by atoms with Gasteiger partial charge < -0.3 is 10.3 Å². The normalized spacial score (nSPS) is 22.3. The van der Waals surface area contributed by atoms with Crippen molar-refractivity contribution in [2.45, 2.75) is 51.5 Å². The lowest BCUT2D eigenvalue weighted by Gasteiger charge is -2.26. The Kier molecular flexibility index (Phi) is 4.28. The zero-order valence-corrected chi connectivity index (χ0v) is 12.7. The van der Waals surface area contributed by atoms with Crippen molar-refractivity contribution in [3.63, 3.8) is 0 Å². The minimum atomic E-state index is 0.194. The molecule has 0 radical (unpaired) electrons. The van der Waals surface area contributed by atoms with Crippen LogP contribution in [0.2, 0.25) is 0 Å². The zero-order chi connectivity index (χ0) is 14.7. The number of carbonyl (C=O) groups is 1. The first-order valence-corrected chi connectivity index (χ1v) is 8.06. The van der Waals surface area contributed by atoms with Crippen LogP contribution >= 0.6 is 0 Å². The maximum absolute atomic E-state index is 12.1. The number of hydrogen-bond donors (Lipinski definition) is 2. The van der Waals surface area contributed by atoms with E-state index >= 15 is 0 Å². The van der Waals surface area contributed by atoms with Gasteiger partial charge in [-0.15, -0.1) is 0 Å². The van der Waals surface area contributed by atoms with E-state index in [1.54, 1.807) is 0 Å². The van der Waals surface area contributed by atoms with Crippen molar-refractivity contribution in [3.05, 3.63) is 36.0 Å². The fraction of sp³-hybridized carbons (Fsp3) is 0.500. The first-order valence-electron chi connectivity index (χ1n) is 8.06. The molecule has 1 aromatic heterocycles. The summed E-state index contributed by atoms with van der Waals surface area (Å²) >= 11 is 0. The summed E-state index contributed by atoms with van der Waals surface area (Å²) < 4.78 is 0. The minimum absolute atomic E-state index is 0.194. The molecule has 0 unspecified atom stereocenters. The smallest absolute Gasteiger partial charge is 0.220 e. The molecule has 3 rings (SSSR count). The van der Waals surface area contributed by atoms with Crippen LogP contribution < -0.4 is 5.32 Å². The summed E-state index contributed by atoms with van der Waals surface area (Å²) in [6, 6.07) is 8.66. The van der Waals surface area contributed by atoms with Gasteiger partial charge in [-0.3, -0.25) is 4.79 Å². The molecule has 21 heavy (non-hydrogen) atoms. The van der Waals surface area contributed by atoms with Crippen LogP contribution in [0.5, 0.6) is 0 Å². The fourth-order valence-electron chi connectivity index (χ4n) is 3.29. The van der Waals surface area contributed by atoms with Crippen molar-refractivity contribution in [2.24, 2.45) is 5.92 Å². The number of hydrogen-bond acceptors (Lipinski definition) is 1. The van der Waals surface area contributed by atoms with Crippen molar-refractivity contribution in [1.29, 1.82) is 0 Å². The van der Waals surface area contributed by atoms with E-state index in [0.717, 1.165) is 30.7 Å². The Morgan fingerprint density at radius 3 is 2.81 bits per heavy atom. The standard InChI is InChI=1S/C18H24N2O/c1-13-6-9-15(10-7-13)20-18(21)11-8-14-12-19-17-5-3-2-4-16(14)17/h2-5,12-13,15,19H,6-11H2,1H3,(H,20,21). The number of benzene rings is 1. The maximum Gasteiger partial charge on any atom is 0.220 e. The van der Waals surface area contributed by atoms with E-state index in [2.05, 4.69) is 29.4 Å². The second kappa shape index (κ2) is 6.33. The third-order valence-corrected chi connectivity index (χ3v) is 4.68. The zero-order valence-electron chi connectivity index (χ0n) is 12.7. The van der Waals surface area contributed by atoms with Gasteiger partial charge in [-0.25, -0.2) is 0 Å². The van der Waals surface area contributed by atoms with Gasteiger partial charge in [0.25, 0.3) is 0 Å². The molecule has 2 N–H and O–H groups in total. The van der Waals surface area contributed by atoms with Crippen LogP contribution in [0.3, 0.4) is 0 Å². The van der Waals surface area contributed by atoms with Crippen LogP contribution in [0.25, 0.3) is 10.9 Å².